The Balaban J connectivity index is 1.99. The van der Waals surface area contributed by atoms with Crippen LogP contribution in [0.5, 0.6) is 5.75 Å². The van der Waals surface area contributed by atoms with Gasteiger partial charge in [-0.25, -0.2) is 0 Å². The molecule has 1 aromatic rings. The fourth-order valence-corrected chi connectivity index (χ4v) is 2.58. The van der Waals surface area contributed by atoms with Gasteiger partial charge in [0.2, 0.25) is 0 Å². The molecule has 1 N–H and O–H groups in total. The Kier molecular flexibility index (Phi) is 5.02. The predicted octanol–water partition coefficient (Wildman–Crippen LogP) is 2.27. The molecule has 0 aromatic heterocycles. The van der Waals surface area contributed by atoms with E-state index in [1.54, 1.807) is 0 Å². The molecule has 1 heterocycles. The van der Waals surface area contributed by atoms with Crippen molar-refractivity contribution in [2.24, 2.45) is 0 Å². The topological polar surface area (TPSA) is 24.5 Å². The maximum Gasteiger partial charge on any atom is 0.119 e. The lowest BCUT2D eigenvalue weighted by atomic mass is 10.1. The van der Waals surface area contributed by atoms with Gasteiger partial charge in [0.1, 0.15) is 5.75 Å². The fraction of sp³-hybridized carbons (Fsp3) is 0.600. The van der Waals surface area contributed by atoms with Gasteiger partial charge in [0.15, 0.2) is 0 Å². The molecule has 2 rings (SSSR count). The third-order valence-corrected chi connectivity index (χ3v) is 3.55. The molecule has 1 atom stereocenters. The Labute approximate surface area is 110 Å². The number of hydrogen-bond acceptors (Lipinski definition) is 3. The van der Waals surface area contributed by atoms with E-state index in [9.17, 15) is 0 Å². The first-order valence-corrected chi connectivity index (χ1v) is 7.00. The highest BCUT2D eigenvalue weighted by molar-refractivity contribution is 5.28. The van der Waals surface area contributed by atoms with Crippen LogP contribution < -0.4 is 10.1 Å². The standard InChI is InChI=1S/C15H24N2O/c1-3-17(14-8-9-16-11-14)12-13-6-5-7-15(10-13)18-4-2/h5-7,10,14,16H,3-4,8-9,11-12H2,1-2H3. The summed E-state index contributed by atoms with van der Waals surface area (Å²) in [5, 5.41) is 3.44. The van der Waals surface area contributed by atoms with E-state index in [2.05, 4.69) is 35.3 Å². The molecule has 1 aliphatic rings. The Morgan fingerprint density at radius 1 is 1.39 bits per heavy atom. The molecule has 1 unspecified atom stereocenters. The minimum atomic E-state index is 0.686. The van der Waals surface area contributed by atoms with Crippen molar-refractivity contribution in [3.05, 3.63) is 29.8 Å². The molecule has 0 bridgehead atoms. The highest BCUT2D eigenvalue weighted by Gasteiger charge is 2.20. The van der Waals surface area contributed by atoms with Gasteiger partial charge in [-0.3, -0.25) is 4.90 Å². The average Bonchev–Trinajstić information content (AvgIpc) is 2.90. The van der Waals surface area contributed by atoms with Crippen molar-refractivity contribution in [2.75, 3.05) is 26.2 Å². The highest BCUT2D eigenvalue weighted by Crippen LogP contribution is 2.17. The lowest BCUT2D eigenvalue weighted by molar-refractivity contribution is 0.210. The molecule has 1 aromatic carbocycles. The molecule has 0 aliphatic carbocycles. The normalized spacial score (nSPS) is 19.4. The number of likely N-dealkylation sites (N-methyl/N-ethyl adjacent to an activating group) is 1. The highest BCUT2D eigenvalue weighted by atomic mass is 16.5. The molecule has 0 amide bonds. The Bertz CT molecular complexity index is 361. The number of nitrogens with one attached hydrogen (secondary N) is 1. The van der Waals surface area contributed by atoms with Crippen molar-refractivity contribution in [2.45, 2.75) is 32.9 Å². The third-order valence-electron chi connectivity index (χ3n) is 3.55. The molecule has 3 heteroatoms. The first-order valence-electron chi connectivity index (χ1n) is 7.00. The summed E-state index contributed by atoms with van der Waals surface area (Å²) >= 11 is 0. The maximum atomic E-state index is 5.56. The van der Waals surface area contributed by atoms with E-state index in [-0.39, 0.29) is 0 Å². The quantitative estimate of drug-likeness (QED) is 0.836. The van der Waals surface area contributed by atoms with Crippen LogP contribution in [0, 0.1) is 0 Å². The summed E-state index contributed by atoms with van der Waals surface area (Å²) in [6, 6.07) is 9.15. The van der Waals surface area contributed by atoms with Crippen LogP contribution in [0.3, 0.4) is 0 Å². The Morgan fingerprint density at radius 2 is 2.28 bits per heavy atom. The van der Waals surface area contributed by atoms with Crippen LogP contribution in [-0.2, 0) is 6.54 Å². The van der Waals surface area contributed by atoms with Crippen molar-refractivity contribution in [3.8, 4) is 5.75 Å². The van der Waals surface area contributed by atoms with Gasteiger partial charge >= 0.3 is 0 Å². The number of nitrogens with zero attached hydrogens (tertiary/aromatic N) is 1. The van der Waals surface area contributed by atoms with E-state index in [0.29, 0.717) is 6.04 Å². The van der Waals surface area contributed by atoms with Gasteiger partial charge in [0.05, 0.1) is 6.61 Å². The number of hydrogen-bond donors (Lipinski definition) is 1. The zero-order valence-electron chi connectivity index (χ0n) is 11.5. The first kappa shape index (κ1) is 13.4. The number of rotatable bonds is 6. The molecular formula is C15H24N2O. The number of ether oxygens (including phenoxy) is 1. The summed E-state index contributed by atoms with van der Waals surface area (Å²) in [5.41, 5.74) is 1.34. The van der Waals surface area contributed by atoms with E-state index in [4.69, 9.17) is 4.74 Å². The average molecular weight is 248 g/mol. The second-order valence-electron chi connectivity index (χ2n) is 4.79. The van der Waals surface area contributed by atoms with Crippen LogP contribution in [0.15, 0.2) is 24.3 Å². The molecule has 18 heavy (non-hydrogen) atoms. The van der Waals surface area contributed by atoms with E-state index in [1.165, 1.54) is 12.0 Å². The van der Waals surface area contributed by atoms with Gasteiger partial charge in [-0.2, -0.15) is 0 Å². The molecule has 1 aliphatic heterocycles. The largest absolute Gasteiger partial charge is 0.494 e. The van der Waals surface area contributed by atoms with Crippen LogP contribution in [0.25, 0.3) is 0 Å². The lowest BCUT2D eigenvalue weighted by Crippen LogP contribution is -2.36. The van der Waals surface area contributed by atoms with Gasteiger partial charge in [-0.15, -0.1) is 0 Å². The third kappa shape index (κ3) is 3.47. The molecule has 100 valence electrons. The smallest absolute Gasteiger partial charge is 0.119 e. The van der Waals surface area contributed by atoms with Crippen LogP contribution in [0.2, 0.25) is 0 Å². The van der Waals surface area contributed by atoms with E-state index in [1.807, 2.05) is 13.0 Å². The Morgan fingerprint density at radius 3 is 2.94 bits per heavy atom. The molecule has 1 fully saturated rings. The van der Waals surface area contributed by atoms with Gasteiger partial charge in [0.25, 0.3) is 0 Å². The van der Waals surface area contributed by atoms with Crippen LogP contribution in [0.4, 0.5) is 0 Å². The SMILES string of the molecule is CCOc1cccc(CN(CC)C2CCNC2)c1. The summed E-state index contributed by atoms with van der Waals surface area (Å²) in [6.07, 6.45) is 1.26. The minimum absolute atomic E-state index is 0.686. The molecule has 0 spiro atoms. The minimum Gasteiger partial charge on any atom is -0.494 e. The van der Waals surface area contributed by atoms with Crippen molar-refractivity contribution in [1.29, 1.82) is 0 Å². The summed E-state index contributed by atoms with van der Waals surface area (Å²) in [6.45, 7) is 9.39. The summed E-state index contributed by atoms with van der Waals surface area (Å²) in [7, 11) is 0. The van der Waals surface area contributed by atoms with Crippen molar-refractivity contribution in [1.82, 2.24) is 10.2 Å². The summed E-state index contributed by atoms with van der Waals surface area (Å²) in [5.74, 6) is 0.982. The molecule has 3 nitrogen and oxygen atoms in total. The van der Waals surface area contributed by atoms with Gasteiger partial charge in [-0.1, -0.05) is 19.1 Å². The molecule has 0 radical (unpaired) electrons. The van der Waals surface area contributed by atoms with Gasteiger partial charge in [0, 0.05) is 19.1 Å². The van der Waals surface area contributed by atoms with E-state index < -0.39 is 0 Å². The van der Waals surface area contributed by atoms with Gasteiger partial charge < -0.3 is 10.1 Å². The zero-order valence-corrected chi connectivity index (χ0v) is 11.5. The molecule has 1 saturated heterocycles. The number of benzene rings is 1. The second-order valence-corrected chi connectivity index (χ2v) is 4.79. The van der Waals surface area contributed by atoms with Crippen molar-refractivity contribution in [3.63, 3.8) is 0 Å². The van der Waals surface area contributed by atoms with E-state index >= 15 is 0 Å². The van der Waals surface area contributed by atoms with Gasteiger partial charge in [-0.05, 0) is 44.1 Å². The molecule has 0 saturated carbocycles. The van der Waals surface area contributed by atoms with Crippen molar-refractivity contribution < 1.29 is 4.74 Å². The molecular weight excluding hydrogens is 224 g/mol. The maximum absolute atomic E-state index is 5.56. The summed E-state index contributed by atoms with van der Waals surface area (Å²) < 4.78 is 5.56. The monoisotopic (exact) mass is 248 g/mol. The van der Waals surface area contributed by atoms with Crippen LogP contribution >= 0.6 is 0 Å². The van der Waals surface area contributed by atoms with Crippen LogP contribution in [0.1, 0.15) is 25.8 Å². The van der Waals surface area contributed by atoms with Crippen LogP contribution in [-0.4, -0.2) is 37.2 Å². The van der Waals surface area contributed by atoms with E-state index in [0.717, 1.165) is 38.5 Å². The lowest BCUT2D eigenvalue weighted by Gasteiger charge is -2.27. The second kappa shape index (κ2) is 6.76. The summed E-state index contributed by atoms with van der Waals surface area (Å²) in [4.78, 5) is 2.55. The first-order chi connectivity index (χ1) is 8.83. The fourth-order valence-electron chi connectivity index (χ4n) is 2.58. The zero-order chi connectivity index (χ0) is 12.8. The predicted molar refractivity (Wildman–Crippen MR) is 75.0 cm³/mol. The van der Waals surface area contributed by atoms with Crippen molar-refractivity contribution >= 4 is 0 Å². The Hall–Kier alpha value is -1.06.